The van der Waals surface area contributed by atoms with Gasteiger partial charge in [-0.3, -0.25) is 4.98 Å². The van der Waals surface area contributed by atoms with Crippen LogP contribution in [0, 0.1) is 0 Å². The van der Waals surface area contributed by atoms with Crippen molar-refractivity contribution in [2.45, 2.75) is 25.8 Å². The van der Waals surface area contributed by atoms with Gasteiger partial charge in [0.25, 0.3) is 0 Å². The van der Waals surface area contributed by atoms with E-state index in [4.69, 9.17) is 5.73 Å². The maximum Gasteiger partial charge on any atom is 0.319 e. The molecule has 3 N–H and O–H groups in total. The molecule has 0 spiro atoms. The molecule has 0 saturated carbocycles. The van der Waals surface area contributed by atoms with E-state index in [1.807, 2.05) is 23.2 Å². The second kappa shape index (κ2) is 7.55. The molecule has 3 rings (SSSR count). The number of fused-ring (bicyclic) bond motifs is 1. The molecule has 26 heavy (non-hydrogen) atoms. The van der Waals surface area contributed by atoms with E-state index in [-0.39, 0.29) is 18.0 Å². The zero-order valence-electron chi connectivity index (χ0n) is 15.4. The van der Waals surface area contributed by atoms with Gasteiger partial charge in [-0.05, 0) is 25.0 Å². The Morgan fingerprint density at radius 3 is 2.77 bits per heavy atom. The van der Waals surface area contributed by atoms with Gasteiger partial charge in [-0.2, -0.15) is 4.98 Å². The summed E-state index contributed by atoms with van der Waals surface area (Å²) in [5.74, 6) is 0.986. The Bertz CT molecular complexity index is 779. The number of carbonyl (C=O) groups is 1. The fourth-order valence-corrected chi connectivity index (χ4v) is 3.13. The number of urea groups is 1. The molecule has 0 fully saturated rings. The van der Waals surface area contributed by atoms with Crippen molar-refractivity contribution >= 4 is 17.8 Å². The molecule has 1 unspecified atom stereocenters. The summed E-state index contributed by atoms with van der Waals surface area (Å²) in [5.41, 5.74) is 8.93. The number of aromatic nitrogens is 3. The van der Waals surface area contributed by atoms with Gasteiger partial charge < -0.3 is 20.9 Å². The van der Waals surface area contributed by atoms with Crippen LogP contribution in [-0.2, 0) is 12.8 Å². The third kappa shape index (κ3) is 3.84. The number of rotatable bonds is 3. The third-order valence-corrected chi connectivity index (χ3v) is 4.55. The molecule has 2 aromatic rings. The highest BCUT2D eigenvalue weighted by Gasteiger charge is 2.24. The lowest BCUT2D eigenvalue weighted by molar-refractivity contribution is 0.173. The van der Waals surface area contributed by atoms with Gasteiger partial charge in [-0.15, -0.1) is 0 Å². The molecule has 0 bridgehead atoms. The monoisotopic (exact) mass is 355 g/mol. The van der Waals surface area contributed by atoms with Crippen molar-refractivity contribution in [1.29, 1.82) is 0 Å². The summed E-state index contributed by atoms with van der Waals surface area (Å²) in [7, 11) is 3.53. The van der Waals surface area contributed by atoms with Crippen molar-refractivity contribution in [3.8, 4) is 0 Å². The molecular weight excluding hydrogens is 330 g/mol. The van der Waals surface area contributed by atoms with Gasteiger partial charge in [0.15, 0.2) is 0 Å². The summed E-state index contributed by atoms with van der Waals surface area (Å²) in [4.78, 5) is 28.7. The lowest BCUT2D eigenvalue weighted by Crippen LogP contribution is -2.40. The quantitative estimate of drug-likeness (QED) is 0.869. The van der Waals surface area contributed by atoms with Crippen molar-refractivity contribution in [1.82, 2.24) is 24.8 Å². The minimum atomic E-state index is 0.0111. The van der Waals surface area contributed by atoms with E-state index in [0.717, 1.165) is 22.6 Å². The van der Waals surface area contributed by atoms with Crippen molar-refractivity contribution < 1.29 is 4.79 Å². The fourth-order valence-electron chi connectivity index (χ4n) is 3.13. The Morgan fingerprint density at radius 1 is 1.31 bits per heavy atom. The van der Waals surface area contributed by atoms with Crippen LogP contribution in [0.15, 0.2) is 24.5 Å². The number of nitrogen functional groups attached to an aromatic ring is 1. The number of hydrogen-bond acceptors (Lipinski definition) is 6. The Morgan fingerprint density at radius 2 is 2.08 bits per heavy atom. The fraction of sp³-hybridized carbons (Fsp3) is 0.444. The summed E-state index contributed by atoms with van der Waals surface area (Å²) < 4.78 is 0. The molecule has 0 saturated heterocycles. The second-order valence-corrected chi connectivity index (χ2v) is 6.67. The molecule has 2 aromatic heterocycles. The maximum atomic E-state index is 12.3. The van der Waals surface area contributed by atoms with Crippen molar-refractivity contribution in [2.75, 3.05) is 38.2 Å². The molecule has 3 heterocycles. The van der Waals surface area contributed by atoms with E-state index >= 15 is 0 Å². The first-order valence-corrected chi connectivity index (χ1v) is 8.73. The molecule has 0 aliphatic carbocycles. The number of carbonyl (C=O) groups excluding carboxylic acids is 1. The largest absolute Gasteiger partial charge is 0.368 e. The number of hydrogen-bond donors (Lipinski definition) is 2. The van der Waals surface area contributed by atoms with Crippen LogP contribution in [0.5, 0.6) is 0 Å². The zero-order valence-corrected chi connectivity index (χ0v) is 15.4. The van der Waals surface area contributed by atoms with E-state index < -0.39 is 0 Å². The minimum absolute atomic E-state index is 0.0111. The molecule has 8 nitrogen and oxygen atoms in total. The summed E-state index contributed by atoms with van der Waals surface area (Å²) >= 11 is 0. The normalized spacial score (nSPS) is 15.0. The number of nitrogens with zero attached hydrogens (tertiary/aromatic N) is 5. The third-order valence-electron chi connectivity index (χ3n) is 4.55. The Labute approximate surface area is 153 Å². The number of anilines is 2. The van der Waals surface area contributed by atoms with Crippen molar-refractivity contribution in [3.05, 3.63) is 41.3 Å². The average molecular weight is 355 g/mol. The van der Waals surface area contributed by atoms with E-state index in [1.54, 1.807) is 25.2 Å². The van der Waals surface area contributed by atoms with Gasteiger partial charge in [-0.1, -0.05) is 6.07 Å². The lowest BCUT2D eigenvalue weighted by Gasteiger charge is -2.24. The standard InChI is InChI=1S/C18H25N7O/c1-12(13-5-4-8-20-11-13)21-16-14-6-9-25(18(26)24(2)3)10-7-15(14)22-17(19)23-16/h4-5,8,11-12H,6-7,9-10H2,1-3H3,(H3,19,21,22,23). The smallest absolute Gasteiger partial charge is 0.319 e. The average Bonchev–Trinajstić information content (AvgIpc) is 2.84. The van der Waals surface area contributed by atoms with Crippen LogP contribution in [0.25, 0.3) is 0 Å². The summed E-state index contributed by atoms with van der Waals surface area (Å²) in [6, 6.07) is 3.97. The van der Waals surface area contributed by atoms with E-state index in [0.29, 0.717) is 25.9 Å². The molecule has 8 heteroatoms. The topological polar surface area (TPSA) is 100 Å². The molecule has 1 aliphatic rings. The first-order valence-electron chi connectivity index (χ1n) is 8.73. The van der Waals surface area contributed by atoms with E-state index in [1.165, 1.54) is 0 Å². The molecule has 2 amide bonds. The first-order chi connectivity index (χ1) is 12.5. The van der Waals surface area contributed by atoms with Crippen LogP contribution in [-0.4, -0.2) is 58.0 Å². The van der Waals surface area contributed by atoms with Crippen LogP contribution < -0.4 is 11.1 Å². The molecule has 1 aliphatic heterocycles. The van der Waals surface area contributed by atoms with Gasteiger partial charge in [0.1, 0.15) is 5.82 Å². The highest BCUT2D eigenvalue weighted by molar-refractivity contribution is 5.74. The van der Waals surface area contributed by atoms with Gasteiger partial charge in [0.05, 0.1) is 11.7 Å². The lowest BCUT2D eigenvalue weighted by atomic mass is 10.1. The maximum absolute atomic E-state index is 12.3. The second-order valence-electron chi connectivity index (χ2n) is 6.67. The Balaban J connectivity index is 1.84. The SMILES string of the molecule is CC(Nc1nc(N)nc2c1CCN(C(=O)N(C)C)CC2)c1cccnc1. The highest BCUT2D eigenvalue weighted by atomic mass is 16.2. The first kappa shape index (κ1) is 17.9. The minimum Gasteiger partial charge on any atom is -0.368 e. The van der Waals surface area contributed by atoms with Crippen molar-refractivity contribution in [3.63, 3.8) is 0 Å². The predicted molar refractivity (Wildman–Crippen MR) is 101 cm³/mol. The predicted octanol–water partition coefficient (Wildman–Crippen LogP) is 1.71. The molecule has 1 atom stereocenters. The Hall–Kier alpha value is -2.90. The zero-order chi connectivity index (χ0) is 18.7. The summed E-state index contributed by atoms with van der Waals surface area (Å²) in [6.07, 6.45) is 4.94. The molecular formula is C18H25N7O. The van der Waals surface area contributed by atoms with Crippen LogP contribution in [0.1, 0.15) is 29.8 Å². The van der Waals surface area contributed by atoms with Gasteiger partial charge in [-0.25, -0.2) is 9.78 Å². The van der Waals surface area contributed by atoms with Gasteiger partial charge in [0.2, 0.25) is 5.95 Å². The van der Waals surface area contributed by atoms with Gasteiger partial charge >= 0.3 is 6.03 Å². The number of nitrogens with one attached hydrogen (secondary N) is 1. The van der Waals surface area contributed by atoms with Crippen LogP contribution in [0.3, 0.4) is 0 Å². The van der Waals surface area contributed by atoms with Gasteiger partial charge in [0, 0.05) is 51.6 Å². The van der Waals surface area contributed by atoms with Crippen LogP contribution >= 0.6 is 0 Å². The highest BCUT2D eigenvalue weighted by Crippen LogP contribution is 2.26. The molecule has 0 aromatic carbocycles. The summed E-state index contributed by atoms with van der Waals surface area (Å²) in [6.45, 7) is 3.31. The van der Waals surface area contributed by atoms with Crippen LogP contribution in [0.4, 0.5) is 16.6 Å². The molecule has 138 valence electrons. The van der Waals surface area contributed by atoms with Crippen molar-refractivity contribution in [2.24, 2.45) is 0 Å². The van der Waals surface area contributed by atoms with Crippen LogP contribution in [0.2, 0.25) is 0 Å². The Kier molecular flexibility index (Phi) is 5.20. The summed E-state index contributed by atoms with van der Waals surface area (Å²) in [5, 5.41) is 3.44. The molecule has 0 radical (unpaired) electrons. The number of nitrogens with two attached hydrogens (primary N) is 1. The van der Waals surface area contributed by atoms with E-state index in [9.17, 15) is 4.79 Å². The number of pyridine rings is 1. The number of amides is 2. The van der Waals surface area contributed by atoms with E-state index in [2.05, 4.69) is 27.2 Å².